The molecule has 6 heteroatoms. The monoisotopic (exact) mass is 204 g/mol. The van der Waals surface area contributed by atoms with Gasteiger partial charge in [0.2, 0.25) is 5.88 Å². The van der Waals surface area contributed by atoms with Crippen LogP contribution in [-0.2, 0) is 0 Å². The Kier molecular flexibility index (Phi) is 2.17. The van der Waals surface area contributed by atoms with E-state index < -0.39 is 0 Å². The van der Waals surface area contributed by atoms with Crippen molar-refractivity contribution in [1.29, 1.82) is 0 Å². The number of aromatic nitrogens is 4. The van der Waals surface area contributed by atoms with E-state index in [1.54, 1.807) is 6.07 Å². The summed E-state index contributed by atoms with van der Waals surface area (Å²) < 4.78 is 0. The van der Waals surface area contributed by atoms with Crippen molar-refractivity contribution in [2.45, 2.75) is 6.92 Å². The van der Waals surface area contributed by atoms with Crippen molar-refractivity contribution < 1.29 is 5.11 Å². The Balaban J connectivity index is 2.61. The fourth-order valence-corrected chi connectivity index (χ4v) is 1.07. The quantitative estimate of drug-likeness (QED) is 0.694. The summed E-state index contributed by atoms with van der Waals surface area (Å²) >= 11 is 0. The zero-order chi connectivity index (χ0) is 10.8. The molecule has 2 heterocycles. The van der Waals surface area contributed by atoms with Crippen LogP contribution >= 0.6 is 0 Å². The minimum Gasteiger partial charge on any atom is -0.493 e. The minimum atomic E-state index is -0.379. The highest BCUT2D eigenvalue weighted by Crippen LogP contribution is 2.13. The highest BCUT2D eigenvalue weighted by Gasteiger charge is 2.07. The van der Waals surface area contributed by atoms with Gasteiger partial charge in [-0.1, -0.05) is 0 Å². The molecule has 76 valence electrons. The van der Waals surface area contributed by atoms with Gasteiger partial charge in [-0.2, -0.15) is 4.98 Å². The molecule has 2 aromatic heterocycles. The second kappa shape index (κ2) is 3.49. The Morgan fingerprint density at radius 2 is 2.27 bits per heavy atom. The molecule has 0 aromatic carbocycles. The maximum Gasteiger partial charge on any atom is 0.257 e. The first kappa shape index (κ1) is 9.32. The molecule has 0 unspecified atom stereocenters. The van der Waals surface area contributed by atoms with Crippen LogP contribution in [-0.4, -0.2) is 25.0 Å². The average Bonchev–Trinajstić information content (AvgIpc) is 2.26. The molecule has 15 heavy (non-hydrogen) atoms. The summed E-state index contributed by atoms with van der Waals surface area (Å²) in [5.74, 6) is -0.0575. The molecule has 2 rings (SSSR count). The Hall–Kier alpha value is -2.24. The standard InChI is InChI=1S/C9H8N4O2/c1-5-8(14)12-7(13-9(5)15)6-2-3-10-4-11-6/h2-4H,1H3,(H2,12,13,14,15). The van der Waals surface area contributed by atoms with Gasteiger partial charge in [0, 0.05) is 6.20 Å². The van der Waals surface area contributed by atoms with Crippen molar-refractivity contribution in [3.05, 3.63) is 34.5 Å². The fraction of sp³-hybridized carbons (Fsp3) is 0.111. The predicted octanol–water partition coefficient (Wildman–Crippen LogP) is 0.241. The first-order valence-electron chi connectivity index (χ1n) is 4.25. The number of hydrogen-bond acceptors (Lipinski definition) is 5. The summed E-state index contributed by atoms with van der Waals surface area (Å²) in [6.45, 7) is 1.49. The van der Waals surface area contributed by atoms with E-state index in [4.69, 9.17) is 0 Å². The largest absolute Gasteiger partial charge is 0.493 e. The van der Waals surface area contributed by atoms with E-state index in [-0.39, 0.29) is 22.8 Å². The van der Waals surface area contributed by atoms with E-state index in [9.17, 15) is 9.90 Å². The molecular weight excluding hydrogens is 196 g/mol. The van der Waals surface area contributed by atoms with Gasteiger partial charge < -0.3 is 10.1 Å². The molecule has 0 aliphatic rings. The highest BCUT2D eigenvalue weighted by molar-refractivity contribution is 5.48. The molecule has 0 spiro atoms. The Labute approximate surface area is 84.7 Å². The van der Waals surface area contributed by atoms with Crippen molar-refractivity contribution >= 4 is 0 Å². The van der Waals surface area contributed by atoms with Gasteiger partial charge in [-0.25, -0.2) is 9.97 Å². The summed E-state index contributed by atoms with van der Waals surface area (Å²) in [5, 5.41) is 9.37. The lowest BCUT2D eigenvalue weighted by atomic mass is 10.3. The minimum absolute atomic E-state index is 0.188. The molecule has 0 radical (unpaired) electrons. The second-order valence-electron chi connectivity index (χ2n) is 2.96. The third kappa shape index (κ3) is 1.69. The van der Waals surface area contributed by atoms with Gasteiger partial charge >= 0.3 is 0 Å². The normalized spacial score (nSPS) is 10.2. The van der Waals surface area contributed by atoms with Crippen LogP contribution in [0.3, 0.4) is 0 Å². The van der Waals surface area contributed by atoms with Gasteiger partial charge in [0.15, 0.2) is 5.82 Å². The Morgan fingerprint density at radius 1 is 1.47 bits per heavy atom. The zero-order valence-electron chi connectivity index (χ0n) is 7.93. The van der Waals surface area contributed by atoms with Crippen LogP contribution < -0.4 is 5.56 Å². The van der Waals surface area contributed by atoms with Gasteiger partial charge in [0.1, 0.15) is 12.0 Å². The number of H-pyrrole nitrogens is 1. The fourth-order valence-electron chi connectivity index (χ4n) is 1.07. The van der Waals surface area contributed by atoms with Crippen LogP contribution in [0, 0.1) is 6.92 Å². The summed E-state index contributed by atoms with van der Waals surface area (Å²) in [4.78, 5) is 25.3. The Morgan fingerprint density at radius 3 is 2.87 bits per heavy atom. The molecule has 0 saturated heterocycles. The summed E-state index contributed by atoms with van der Waals surface area (Å²) in [7, 11) is 0. The Bertz CT molecular complexity index is 536. The van der Waals surface area contributed by atoms with Gasteiger partial charge in [-0.15, -0.1) is 0 Å². The van der Waals surface area contributed by atoms with Crippen molar-refractivity contribution in [2.75, 3.05) is 0 Å². The SMILES string of the molecule is Cc1c(O)nc(-c2ccncn2)[nH]c1=O. The van der Waals surface area contributed by atoms with E-state index in [1.165, 1.54) is 19.4 Å². The van der Waals surface area contributed by atoms with Gasteiger partial charge in [-0.05, 0) is 13.0 Å². The molecule has 0 aliphatic heterocycles. The lowest BCUT2D eigenvalue weighted by molar-refractivity contribution is 0.447. The average molecular weight is 204 g/mol. The lowest BCUT2D eigenvalue weighted by Crippen LogP contribution is -2.12. The van der Waals surface area contributed by atoms with Crippen molar-refractivity contribution in [1.82, 2.24) is 19.9 Å². The molecule has 0 aliphatic carbocycles. The smallest absolute Gasteiger partial charge is 0.257 e. The lowest BCUT2D eigenvalue weighted by Gasteiger charge is -2.01. The van der Waals surface area contributed by atoms with Crippen LogP contribution in [0.4, 0.5) is 0 Å². The van der Waals surface area contributed by atoms with Crippen molar-refractivity contribution in [3.8, 4) is 17.4 Å². The summed E-state index contributed by atoms with van der Waals surface area (Å²) in [6.07, 6.45) is 2.87. The van der Waals surface area contributed by atoms with Crippen LogP contribution in [0.15, 0.2) is 23.4 Å². The number of nitrogens with zero attached hydrogens (tertiary/aromatic N) is 3. The molecule has 0 bridgehead atoms. The topological polar surface area (TPSA) is 91.8 Å². The van der Waals surface area contributed by atoms with E-state index in [0.29, 0.717) is 5.69 Å². The van der Waals surface area contributed by atoms with Crippen LogP contribution in [0.1, 0.15) is 5.56 Å². The van der Waals surface area contributed by atoms with Gasteiger partial charge in [-0.3, -0.25) is 4.79 Å². The molecule has 2 aromatic rings. The maximum atomic E-state index is 11.3. The third-order valence-electron chi connectivity index (χ3n) is 1.95. The molecule has 0 amide bonds. The molecular formula is C9H8N4O2. The van der Waals surface area contributed by atoms with E-state index >= 15 is 0 Å². The first-order chi connectivity index (χ1) is 7.18. The van der Waals surface area contributed by atoms with Gasteiger partial charge in [0.05, 0.1) is 5.56 Å². The summed E-state index contributed by atoms with van der Waals surface area (Å²) in [6, 6.07) is 1.59. The van der Waals surface area contributed by atoms with Crippen molar-refractivity contribution in [3.63, 3.8) is 0 Å². The van der Waals surface area contributed by atoms with E-state index in [1.807, 2.05) is 0 Å². The number of rotatable bonds is 1. The molecule has 0 atom stereocenters. The predicted molar refractivity (Wildman–Crippen MR) is 52.3 cm³/mol. The van der Waals surface area contributed by atoms with Crippen LogP contribution in [0.5, 0.6) is 5.88 Å². The van der Waals surface area contributed by atoms with E-state index in [2.05, 4.69) is 19.9 Å². The zero-order valence-corrected chi connectivity index (χ0v) is 7.93. The number of hydrogen-bond donors (Lipinski definition) is 2. The first-order valence-corrected chi connectivity index (χ1v) is 4.25. The number of nitrogens with one attached hydrogen (secondary N) is 1. The summed E-state index contributed by atoms with van der Waals surface area (Å²) in [5.41, 5.74) is 0.265. The van der Waals surface area contributed by atoms with Gasteiger partial charge in [0.25, 0.3) is 5.56 Å². The van der Waals surface area contributed by atoms with Crippen molar-refractivity contribution in [2.24, 2.45) is 0 Å². The number of aromatic hydroxyl groups is 1. The number of aromatic amines is 1. The maximum absolute atomic E-state index is 11.3. The third-order valence-corrected chi connectivity index (χ3v) is 1.95. The molecule has 0 fully saturated rings. The van der Waals surface area contributed by atoms with Crippen LogP contribution in [0.2, 0.25) is 0 Å². The molecule has 2 N–H and O–H groups in total. The van der Waals surface area contributed by atoms with Crippen LogP contribution in [0.25, 0.3) is 11.5 Å². The van der Waals surface area contributed by atoms with E-state index in [0.717, 1.165) is 0 Å². The molecule has 6 nitrogen and oxygen atoms in total. The highest BCUT2D eigenvalue weighted by atomic mass is 16.3. The molecule has 0 saturated carbocycles. The second-order valence-corrected chi connectivity index (χ2v) is 2.96.